The number of rotatable bonds is 3. The van der Waals surface area contributed by atoms with E-state index in [-0.39, 0.29) is 11.5 Å². The zero-order chi connectivity index (χ0) is 14.1. The molecule has 5 heteroatoms. The summed E-state index contributed by atoms with van der Waals surface area (Å²) in [6.45, 7) is 2.01. The van der Waals surface area contributed by atoms with Gasteiger partial charge in [-0.1, -0.05) is 0 Å². The second-order valence-electron chi connectivity index (χ2n) is 4.50. The predicted molar refractivity (Wildman–Crippen MR) is 81.3 cm³/mol. The maximum atomic E-state index is 12.1. The minimum Gasteiger partial charge on any atom is -0.306 e. The van der Waals surface area contributed by atoms with Crippen LogP contribution in [0.25, 0.3) is 17.1 Å². The SMILES string of the molecule is Cc1ccsc1/C=C/C(=O)c1ccc2[nH]c(=O)[nH]c2c1. The van der Waals surface area contributed by atoms with Crippen LogP contribution in [0.3, 0.4) is 0 Å². The number of carbonyl (C=O) groups is 1. The van der Waals surface area contributed by atoms with E-state index in [0.29, 0.717) is 16.6 Å². The number of aromatic nitrogens is 2. The fourth-order valence-corrected chi connectivity index (χ4v) is 2.81. The van der Waals surface area contributed by atoms with Crippen LogP contribution in [0, 0.1) is 6.92 Å². The first-order chi connectivity index (χ1) is 9.63. The fourth-order valence-electron chi connectivity index (χ4n) is 1.99. The molecule has 0 spiro atoms. The van der Waals surface area contributed by atoms with Gasteiger partial charge in [-0.15, -0.1) is 11.3 Å². The quantitative estimate of drug-likeness (QED) is 0.573. The molecule has 2 N–H and O–H groups in total. The highest BCUT2D eigenvalue weighted by molar-refractivity contribution is 7.11. The molecule has 20 heavy (non-hydrogen) atoms. The fraction of sp³-hybridized carbons (Fsp3) is 0.0667. The van der Waals surface area contributed by atoms with E-state index in [1.807, 2.05) is 24.4 Å². The van der Waals surface area contributed by atoms with Gasteiger partial charge in [-0.3, -0.25) is 4.79 Å². The van der Waals surface area contributed by atoms with Crippen LogP contribution >= 0.6 is 11.3 Å². The topological polar surface area (TPSA) is 65.7 Å². The van der Waals surface area contributed by atoms with Gasteiger partial charge in [0.1, 0.15) is 0 Å². The van der Waals surface area contributed by atoms with Gasteiger partial charge in [0.2, 0.25) is 0 Å². The Kier molecular flexibility index (Phi) is 3.12. The van der Waals surface area contributed by atoms with Crippen molar-refractivity contribution in [2.45, 2.75) is 6.92 Å². The minimum atomic E-state index is -0.269. The van der Waals surface area contributed by atoms with Gasteiger partial charge in [0.15, 0.2) is 5.78 Å². The van der Waals surface area contributed by atoms with Crippen molar-refractivity contribution in [1.82, 2.24) is 9.97 Å². The van der Waals surface area contributed by atoms with E-state index in [4.69, 9.17) is 0 Å². The number of benzene rings is 1. The Labute approximate surface area is 118 Å². The molecule has 0 aliphatic heterocycles. The number of H-pyrrole nitrogens is 2. The molecule has 3 aromatic rings. The van der Waals surface area contributed by atoms with Gasteiger partial charge in [0.25, 0.3) is 0 Å². The third kappa shape index (κ3) is 2.35. The van der Waals surface area contributed by atoms with Gasteiger partial charge in [-0.2, -0.15) is 0 Å². The monoisotopic (exact) mass is 284 g/mol. The highest BCUT2D eigenvalue weighted by Crippen LogP contribution is 2.18. The Bertz CT molecular complexity index is 867. The number of fused-ring (bicyclic) bond motifs is 1. The van der Waals surface area contributed by atoms with Crippen molar-refractivity contribution in [3.63, 3.8) is 0 Å². The number of allylic oxidation sites excluding steroid dienone is 1. The summed E-state index contributed by atoms with van der Waals surface area (Å²) in [5, 5.41) is 2.00. The molecule has 0 aliphatic rings. The van der Waals surface area contributed by atoms with Crippen LogP contribution in [0.15, 0.2) is 40.5 Å². The summed E-state index contributed by atoms with van der Waals surface area (Å²) in [6, 6.07) is 7.14. The Morgan fingerprint density at radius 1 is 1.20 bits per heavy atom. The van der Waals surface area contributed by atoms with E-state index in [9.17, 15) is 9.59 Å². The molecule has 0 saturated heterocycles. The molecule has 3 rings (SSSR count). The molecule has 1 aromatic carbocycles. The number of thiophene rings is 1. The molecular weight excluding hydrogens is 272 g/mol. The molecule has 0 bridgehead atoms. The number of nitrogens with one attached hydrogen (secondary N) is 2. The highest BCUT2D eigenvalue weighted by atomic mass is 32.1. The van der Waals surface area contributed by atoms with E-state index >= 15 is 0 Å². The molecule has 0 radical (unpaired) electrons. The average Bonchev–Trinajstić information content (AvgIpc) is 2.99. The summed E-state index contributed by atoms with van der Waals surface area (Å²) < 4.78 is 0. The molecule has 0 saturated carbocycles. The second kappa shape index (κ2) is 4.94. The lowest BCUT2D eigenvalue weighted by Crippen LogP contribution is -1.99. The van der Waals surface area contributed by atoms with Crippen LogP contribution in [0.5, 0.6) is 0 Å². The predicted octanol–water partition coefficient (Wildman–Crippen LogP) is 3.12. The first-order valence-corrected chi connectivity index (χ1v) is 7.00. The molecule has 0 atom stereocenters. The molecule has 0 fully saturated rings. The lowest BCUT2D eigenvalue weighted by atomic mass is 10.1. The second-order valence-corrected chi connectivity index (χ2v) is 5.45. The summed E-state index contributed by atoms with van der Waals surface area (Å²) >= 11 is 1.60. The van der Waals surface area contributed by atoms with Gasteiger partial charge >= 0.3 is 5.69 Å². The van der Waals surface area contributed by atoms with Crippen LogP contribution in [-0.4, -0.2) is 15.8 Å². The molecule has 100 valence electrons. The van der Waals surface area contributed by atoms with Gasteiger partial charge in [-0.25, -0.2) is 4.79 Å². The van der Waals surface area contributed by atoms with E-state index in [0.717, 1.165) is 10.4 Å². The number of hydrogen-bond donors (Lipinski definition) is 2. The largest absolute Gasteiger partial charge is 0.323 e. The van der Waals surface area contributed by atoms with Crippen molar-refractivity contribution >= 4 is 34.2 Å². The minimum absolute atomic E-state index is 0.0817. The normalized spacial score (nSPS) is 11.4. The lowest BCUT2D eigenvalue weighted by Gasteiger charge is -1.96. The standard InChI is InChI=1S/C15H12N2O2S/c1-9-6-7-20-14(9)5-4-13(18)10-2-3-11-12(8-10)17-15(19)16-11/h2-8H,1H3,(H2,16,17,19)/b5-4+. The van der Waals surface area contributed by atoms with Crippen molar-refractivity contribution in [2.24, 2.45) is 0 Å². The molecule has 0 unspecified atom stereocenters. The van der Waals surface area contributed by atoms with Gasteiger partial charge in [0.05, 0.1) is 11.0 Å². The van der Waals surface area contributed by atoms with E-state index in [1.165, 1.54) is 0 Å². The first-order valence-electron chi connectivity index (χ1n) is 6.12. The van der Waals surface area contributed by atoms with Crippen LogP contribution in [0.4, 0.5) is 0 Å². The number of ketones is 1. The number of imidazole rings is 1. The number of carbonyl (C=O) groups excluding carboxylic acids is 1. The number of aryl methyl sites for hydroxylation is 1. The van der Waals surface area contributed by atoms with E-state index in [1.54, 1.807) is 35.6 Å². The maximum absolute atomic E-state index is 12.1. The first kappa shape index (κ1) is 12.6. The van der Waals surface area contributed by atoms with Gasteiger partial charge in [-0.05, 0) is 54.3 Å². The molecule has 2 heterocycles. The van der Waals surface area contributed by atoms with Crippen LogP contribution in [-0.2, 0) is 0 Å². The number of aromatic amines is 2. The third-order valence-electron chi connectivity index (χ3n) is 3.09. The van der Waals surface area contributed by atoms with Gasteiger partial charge < -0.3 is 9.97 Å². The van der Waals surface area contributed by atoms with E-state index in [2.05, 4.69) is 9.97 Å². The Morgan fingerprint density at radius 3 is 2.75 bits per heavy atom. The summed E-state index contributed by atoms with van der Waals surface area (Å²) in [7, 11) is 0. The maximum Gasteiger partial charge on any atom is 0.323 e. The summed E-state index contributed by atoms with van der Waals surface area (Å²) in [4.78, 5) is 29.7. The number of hydrogen-bond acceptors (Lipinski definition) is 3. The zero-order valence-electron chi connectivity index (χ0n) is 10.8. The highest BCUT2D eigenvalue weighted by Gasteiger charge is 2.05. The molecule has 2 aromatic heterocycles. The van der Waals surface area contributed by atoms with Crippen molar-refractivity contribution in [3.05, 3.63) is 62.2 Å². The Morgan fingerprint density at radius 2 is 2.00 bits per heavy atom. The van der Waals surface area contributed by atoms with Crippen LogP contribution < -0.4 is 5.69 Å². The molecular formula is C15H12N2O2S. The van der Waals surface area contributed by atoms with Crippen molar-refractivity contribution < 1.29 is 4.79 Å². The Hall–Kier alpha value is -2.40. The van der Waals surface area contributed by atoms with E-state index < -0.39 is 0 Å². The molecule has 0 amide bonds. The van der Waals surface area contributed by atoms with Crippen molar-refractivity contribution in [3.8, 4) is 0 Å². The third-order valence-corrected chi connectivity index (χ3v) is 4.07. The summed E-state index contributed by atoms with van der Waals surface area (Å²) in [5.74, 6) is -0.0817. The van der Waals surface area contributed by atoms with Gasteiger partial charge in [0, 0.05) is 10.4 Å². The lowest BCUT2D eigenvalue weighted by molar-refractivity contribution is 0.104. The summed E-state index contributed by atoms with van der Waals surface area (Å²) in [6.07, 6.45) is 3.39. The smallest absolute Gasteiger partial charge is 0.306 e. The van der Waals surface area contributed by atoms with Crippen LogP contribution in [0.2, 0.25) is 0 Å². The molecule has 0 aliphatic carbocycles. The Balaban J connectivity index is 1.90. The summed E-state index contributed by atoms with van der Waals surface area (Å²) in [5.41, 5.74) is 2.78. The van der Waals surface area contributed by atoms with Crippen molar-refractivity contribution in [1.29, 1.82) is 0 Å². The van der Waals surface area contributed by atoms with Crippen LogP contribution in [0.1, 0.15) is 20.8 Å². The van der Waals surface area contributed by atoms with Crippen molar-refractivity contribution in [2.75, 3.05) is 0 Å². The average molecular weight is 284 g/mol. The zero-order valence-corrected chi connectivity index (χ0v) is 11.6. The molecule has 4 nitrogen and oxygen atoms in total.